The van der Waals surface area contributed by atoms with Crippen LogP contribution in [-0.4, -0.2) is 12.4 Å². The Labute approximate surface area is 122 Å². The number of aryl methyl sites for hydroxylation is 2. The summed E-state index contributed by atoms with van der Waals surface area (Å²) in [5, 5.41) is 7.50. The molecule has 2 nitrogen and oxygen atoms in total. The first-order chi connectivity index (χ1) is 10.1. The molecule has 0 heterocycles. The number of benzene rings is 2. The number of hydrogen-bond acceptors (Lipinski definition) is 2. The van der Waals surface area contributed by atoms with Gasteiger partial charge in [-0.15, -0.1) is 0 Å². The molecule has 0 radical (unpaired) electrons. The normalized spacial score (nSPS) is 11.6. The van der Waals surface area contributed by atoms with Crippen LogP contribution in [0, 0.1) is 18.6 Å². The van der Waals surface area contributed by atoms with Crippen molar-refractivity contribution in [2.24, 2.45) is 10.2 Å². The Morgan fingerprint density at radius 3 is 2.10 bits per heavy atom. The van der Waals surface area contributed by atoms with Gasteiger partial charge in [0.2, 0.25) is 0 Å². The molecule has 4 heteroatoms. The van der Waals surface area contributed by atoms with Crippen molar-refractivity contribution in [2.75, 3.05) is 0 Å². The van der Waals surface area contributed by atoms with Gasteiger partial charge >= 0.3 is 0 Å². The zero-order valence-corrected chi connectivity index (χ0v) is 12.0. The molecule has 0 aliphatic rings. The molecule has 0 aromatic heterocycles. The minimum Gasteiger partial charge on any atom is -0.206 e. The van der Waals surface area contributed by atoms with E-state index in [1.54, 1.807) is 0 Å². The van der Waals surface area contributed by atoms with Gasteiger partial charge < -0.3 is 0 Å². The Morgan fingerprint density at radius 1 is 0.952 bits per heavy atom. The maximum absolute atomic E-state index is 13.7. The van der Waals surface area contributed by atoms with Crippen LogP contribution in [0.1, 0.15) is 29.2 Å². The fraction of sp³-hybridized carbons (Fsp3) is 0.176. The zero-order valence-electron chi connectivity index (χ0n) is 12.0. The highest BCUT2D eigenvalue weighted by Gasteiger charge is 2.08. The second kappa shape index (κ2) is 6.88. The lowest BCUT2D eigenvalue weighted by Crippen LogP contribution is -1.96. The van der Waals surface area contributed by atoms with E-state index in [4.69, 9.17) is 0 Å². The van der Waals surface area contributed by atoms with E-state index in [2.05, 4.69) is 10.2 Å². The van der Waals surface area contributed by atoms with Crippen LogP contribution >= 0.6 is 0 Å². The van der Waals surface area contributed by atoms with E-state index < -0.39 is 11.6 Å². The quantitative estimate of drug-likeness (QED) is 0.592. The van der Waals surface area contributed by atoms with Gasteiger partial charge in [-0.1, -0.05) is 36.8 Å². The third-order valence-electron chi connectivity index (χ3n) is 3.08. The van der Waals surface area contributed by atoms with Gasteiger partial charge in [-0.25, -0.2) is 8.78 Å². The molecule has 2 aromatic carbocycles. The summed E-state index contributed by atoms with van der Waals surface area (Å²) < 4.78 is 27.4. The highest BCUT2D eigenvalue weighted by molar-refractivity contribution is 5.83. The summed E-state index contributed by atoms with van der Waals surface area (Å²) in [6.07, 6.45) is 3.21. The summed E-state index contributed by atoms with van der Waals surface area (Å²) in [6, 6.07) is 10.3. The van der Waals surface area contributed by atoms with Crippen molar-refractivity contribution in [2.45, 2.75) is 20.3 Å². The van der Waals surface area contributed by atoms with Crippen molar-refractivity contribution >= 4 is 12.4 Å². The van der Waals surface area contributed by atoms with E-state index in [-0.39, 0.29) is 5.56 Å². The summed E-state index contributed by atoms with van der Waals surface area (Å²) >= 11 is 0. The first kappa shape index (κ1) is 15.0. The number of nitrogens with zero attached hydrogens (tertiary/aromatic N) is 2. The minimum absolute atomic E-state index is 0.173. The third kappa shape index (κ3) is 4.05. The SMILES string of the molecule is CCc1cc(F)c(C=NN=Cc2ccc(C)cc2)c(F)c1. The molecule has 21 heavy (non-hydrogen) atoms. The van der Waals surface area contributed by atoms with E-state index in [0.29, 0.717) is 12.0 Å². The second-order valence-electron chi connectivity index (χ2n) is 4.73. The third-order valence-corrected chi connectivity index (χ3v) is 3.08. The van der Waals surface area contributed by atoms with Crippen molar-refractivity contribution in [3.05, 3.63) is 70.3 Å². The highest BCUT2D eigenvalue weighted by atomic mass is 19.1. The molecule has 0 fully saturated rings. The molecule has 108 valence electrons. The van der Waals surface area contributed by atoms with Crippen molar-refractivity contribution in [3.63, 3.8) is 0 Å². The van der Waals surface area contributed by atoms with Crippen LogP contribution in [0.5, 0.6) is 0 Å². The fourth-order valence-corrected chi connectivity index (χ4v) is 1.81. The molecule has 0 N–H and O–H groups in total. The molecule has 0 unspecified atom stereocenters. The lowest BCUT2D eigenvalue weighted by molar-refractivity contribution is 0.577. The van der Waals surface area contributed by atoms with Crippen LogP contribution in [-0.2, 0) is 6.42 Å². The molecule has 0 amide bonds. The molecule has 0 aliphatic heterocycles. The van der Waals surface area contributed by atoms with E-state index in [1.165, 1.54) is 18.3 Å². The van der Waals surface area contributed by atoms with Crippen LogP contribution in [0.15, 0.2) is 46.6 Å². The lowest BCUT2D eigenvalue weighted by Gasteiger charge is -2.01. The maximum atomic E-state index is 13.7. The Hall–Kier alpha value is -2.36. The van der Waals surface area contributed by atoms with E-state index >= 15 is 0 Å². The average Bonchev–Trinajstić information content (AvgIpc) is 2.47. The number of halogens is 2. The fourth-order valence-electron chi connectivity index (χ4n) is 1.81. The second-order valence-corrected chi connectivity index (χ2v) is 4.73. The van der Waals surface area contributed by atoms with Crippen LogP contribution < -0.4 is 0 Å². The van der Waals surface area contributed by atoms with Crippen LogP contribution in [0.25, 0.3) is 0 Å². The Balaban J connectivity index is 2.13. The van der Waals surface area contributed by atoms with Gasteiger partial charge in [-0.05, 0) is 36.6 Å². The maximum Gasteiger partial charge on any atom is 0.135 e. The smallest absolute Gasteiger partial charge is 0.135 e. The van der Waals surface area contributed by atoms with E-state index in [9.17, 15) is 8.78 Å². The monoisotopic (exact) mass is 286 g/mol. The zero-order chi connectivity index (χ0) is 15.2. The molecule has 0 aliphatic carbocycles. The van der Waals surface area contributed by atoms with Gasteiger partial charge in [0.15, 0.2) is 0 Å². The molecule has 0 saturated carbocycles. The first-order valence-corrected chi connectivity index (χ1v) is 6.71. The summed E-state index contributed by atoms with van der Waals surface area (Å²) in [7, 11) is 0. The molecule has 0 bridgehead atoms. The summed E-state index contributed by atoms with van der Waals surface area (Å²) in [6.45, 7) is 3.83. The predicted octanol–water partition coefficient (Wildman–Crippen LogP) is 4.29. The molecular weight excluding hydrogens is 270 g/mol. The molecule has 2 aromatic rings. The summed E-state index contributed by atoms with van der Waals surface area (Å²) in [4.78, 5) is 0. The lowest BCUT2D eigenvalue weighted by atomic mass is 10.1. The molecule has 0 saturated heterocycles. The molecule has 2 rings (SSSR count). The van der Waals surface area contributed by atoms with Crippen molar-refractivity contribution in [1.82, 2.24) is 0 Å². The van der Waals surface area contributed by atoms with Crippen molar-refractivity contribution < 1.29 is 8.78 Å². The molecule has 0 atom stereocenters. The summed E-state index contributed by atoms with van der Waals surface area (Å²) in [5.74, 6) is -1.25. The highest BCUT2D eigenvalue weighted by Crippen LogP contribution is 2.14. The van der Waals surface area contributed by atoms with Gasteiger partial charge in [0.25, 0.3) is 0 Å². The van der Waals surface area contributed by atoms with Gasteiger partial charge in [0.1, 0.15) is 11.6 Å². The first-order valence-electron chi connectivity index (χ1n) is 6.71. The van der Waals surface area contributed by atoms with E-state index in [0.717, 1.165) is 17.3 Å². The topological polar surface area (TPSA) is 24.7 Å². The largest absolute Gasteiger partial charge is 0.206 e. The molecular formula is C17H16F2N2. The van der Waals surface area contributed by atoms with Crippen molar-refractivity contribution in [3.8, 4) is 0 Å². The standard InChI is InChI=1S/C17H16F2N2/c1-3-13-8-16(18)15(17(19)9-13)11-21-20-10-14-6-4-12(2)5-7-14/h4-11H,3H2,1-2H3. The number of hydrogen-bond donors (Lipinski definition) is 0. The van der Waals surface area contributed by atoms with Gasteiger partial charge in [-0.2, -0.15) is 10.2 Å². The Morgan fingerprint density at radius 2 is 1.52 bits per heavy atom. The van der Waals surface area contributed by atoms with Crippen LogP contribution in [0.3, 0.4) is 0 Å². The van der Waals surface area contributed by atoms with Gasteiger partial charge in [0.05, 0.1) is 18.0 Å². The van der Waals surface area contributed by atoms with Gasteiger partial charge in [-0.3, -0.25) is 0 Å². The van der Waals surface area contributed by atoms with Gasteiger partial charge in [0, 0.05) is 0 Å². The summed E-state index contributed by atoms with van der Waals surface area (Å²) in [5.41, 5.74) is 2.47. The predicted molar refractivity (Wildman–Crippen MR) is 82.1 cm³/mol. The molecule has 0 spiro atoms. The Bertz CT molecular complexity index is 651. The van der Waals surface area contributed by atoms with Crippen LogP contribution in [0.2, 0.25) is 0 Å². The average molecular weight is 286 g/mol. The Kier molecular flexibility index (Phi) is 4.93. The van der Waals surface area contributed by atoms with Crippen molar-refractivity contribution in [1.29, 1.82) is 0 Å². The number of rotatable bonds is 4. The minimum atomic E-state index is -0.624. The van der Waals surface area contributed by atoms with E-state index in [1.807, 2.05) is 38.1 Å². The van der Waals surface area contributed by atoms with Crippen LogP contribution in [0.4, 0.5) is 8.78 Å².